The molecule has 0 saturated heterocycles. The largest absolute Gasteiger partial charge is 0.478 e. The molecular weight excluding hydrogens is 378 g/mol. The van der Waals surface area contributed by atoms with Gasteiger partial charge < -0.3 is 14.7 Å². The van der Waals surface area contributed by atoms with E-state index in [-0.39, 0.29) is 16.1 Å². The van der Waals surface area contributed by atoms with Crippen LogP contribution in [0.1, 0.15) is 17.3 Å². The van der Waals surface area contributed by atoms with Gasteiger partial charge in [-0.15, -0.1) is 0 Å². The molecule has 1 heterocycles. The number of fused-ring (bicyclic) bond motifs is 1. The fourth-order valence-corrected chi connectivity index (χ4v) is 2.57. The number of aromatic nitrogens is 2. The third-order valence-electron chi connectivity index (χ3n) is 3.64. The Hall–Kier alpha value is -3.27. The molecule has 10 heteroatoms. The SMILES string of the molecule is CC(Oc1ccccc1F)C(=O)NNC(=O)c1cc(F)cc2[nH]c(=S)[nH]c12. The number of amides is 2. The van der Waals surface area contributed by atoms with E-state index in [0.717, 1.165) is 6.07 Å². The molecule has 0 saturated carbocycles. The van der Waals surface area contributed by atoms with E-state index < -0.39 is 29.6 Å². The smallest absolute Gasteiger partial charge is 0.279 e. The van der Waals surface area contributed by atoms with E-state index in [4.69, 9.17) is 17.0 Å². The third kappa shape index (κ3) is 4.11. The van der Waals surface area contributed by atoms with Gasteiger partial charge in [0, 0.05) is 0 Å². The topological polar surface area (TPSA) is 99.0 Å². The predicted molar refractivity (Wildman–Crippen MR) is 95.5 cm³/mol. The normalized spacial score (nSPS) is 11.8. The lowest BCUT2D eigenvalue weighted by Gasteiger charge is -2.15. The number of halogens is 2. The average molecular weight is 392 g/mol. The molecular formula is C17H14F2N4O3S. The lowest BCUT2D eigenvalue weighted by molar-refractivity contribution is -0.128. The number of nitrogens with one attached hydrogen (secondary N) is 4. The van der Waals surface area contributed by atoms with Gasteiger partial charge in [0.05, 0.1) is 16.6 Å². The van der Waals surface area contributed by atoms with Gasteiger partial charge in [-0.25, -0.2) is 8.78 Å². The first-order valence-corrected chi connectivity index (χ1v) is 8.19. The Bertz CT molecular complexity index is 1080. The van der Waals surface area contributed by atoms with Crippen LogP contribution in [-0.2, 0) is 4.79 Å². The molecule has 2 amide bonds. The van der Waals surface area contributed by atoms with Crippen LogP contribution in [0, 0.1) is 16.4 Å². The molecule has 0 fully saturated rings. The van der Waals surface area contributed by atoms with E-state index >= 15 is 0 Å². The molecule has 2 aromatic carbocycles. The summed E-state index contributed by atoms with van der Waals surface area (Å²) in [5.74, 6) is -2.86. The van der Waals surface area contributed by atoms with Crippen LogP contribution in [0.2, 0.25) is 0 Å². The van der Waals surface area contributed by atoms with Crippen molar-refractivity contribution in [3.05, 3.63) is 58.4 Å². The van der Waals surface area contributed by atoms with Gasteiger partial charge in [-0.3, -0.25) is 20.4 Å². The summed E-state index contributed by atoms with van der Waals surface area (Å²) in [6.45, 7) is 1.39. The van der Waals surface area contributed by atoms with E-state index in [9.17, 15) is 18.4 Å². The highest BCUT2D eigenvalue weighted by Crippen LogP contribution is 2.18. The monoisotopic (exact) mass is 392 g/mol. The summed E-state index contributed by atoms with van der Waals surface area (Å²) in [4.78, 5) is 29.8. The second kappa shape index (κ2) is 7.54. The molecule has 140 valence electrons. The Morgan fingerprint density at radius 2 is 1.89 bits per heavy atom. The summed E-state index contributed by atoms with van der Waals surface area (Å²) in [5.41, 5.74) is 4.87. The number of hydrazine groups is 1. The van der Waals surface area contributed by atoms with Crippen molar-refractivity contribution in [2.45, 2.75) is 13.0 Å². The van der Waals surface area contributed by atoms with E-state index in [1.54, 1.807) is 6.07 Å². The molecule has 0 bridgehead atoms. The first-order chi connectivity index (χ1) is 12.8. The summed E-state index contributed by atoms with van der Waals surface area (Å²) >= 11 is 4.93. The van der Waals surface area contributed by atoms with Gasteiger partial charge in [0.25, 0.3) is 11.8 Å². The maximum absolute atomic E-state index is 13.7. The quantitative estimate of drug-likeness (QED) is 0.405. The molecule has 0 spiro atoms. The van der Waals surface area contributed by atoms with Crippen molar-refractivity contribution >= 4 is 35.1 Å². The molecule has 0 aliphatic carbocycles. The Kier molecular flexibility index (Phi) is 5.17. The molecule has 4 N–H and O–H groups in total. The second-order valence-corrected chi connectivity index (χ2v) is 6.00. The lowest BCUT2D eigenvalue weighted by Crippen LogP contribution is -2.47. The molecule has 3 rings (SSSR count). The minimum absolute atomic E-state index is 0.0553. The number of H-pyrrole nitrogens is 2. The fourth-order valence-electron chi connectivity index (χ4n) is 2.36. The number of ether oxygens (including phenoxy) is 1. The zero-order valence-corrected chi connectivity index (χ0v) is 14.7. The molecule has 1 aromatic heterocycles. The third-order valence-corrected chi connectivity index (χ3v) is 3.85. The maximum atomic E-state index is 13.7. The lowest BCUT2D eigenvalue weighted by atomic mass is 10.1. The van der Waals surface area contributed by atoms with Crippen molar-refractivity contribution in [2.75, 3.05) is 0 Å². The Morgan fingerprint density at radius 1 is 1.15 bits per heavy atom. The van der Waals surface area contributed by atoms with Crippen molar-refractivity contribution in [3.63, 3.8) is 0 Å². The van der Waals surface area contributed by atoms with Gasteiger partial charge in [0.1, 0.15) is 5.82 Å². The van der Waals surface area contributed by atoms with Gasteiger partial charge >= 0.3 is 0 Å². The van der Waals surface area contributed by atoms with Crippen LogP contribution in [0.3, 0.4) is 0 Å². The van der Waals surface area contributed by atoms with Gasteiger partial charge in [-0.1, -0.05) is 12.1 Å². The number of benzene rings is 2. The highest BCUT2D eigenvalue weighted by Gasteiger charge is 2.19. The van der Waals surface area contributed by atoms with Crippen LogP contribution >= 0.6 is 12.2 Å². The van der Waals surface area contributed by atoms with E-state index in [0.29, 0.717) is 11.0 Å². The number of rotatable bonds is 4. The van der Waals surface area contributed by atoms with Crippen LogP contribution in [0.4, 0.5) is 8.78 Å². The standard InChI is InChI=1S/C17H14F2N4O3S/c1-8(26-13-5-3-2-4-11(13)19)15(24)22-23-16(25)10-6-9(18)7-12-14(10)21-17(27)20-12/h2-8H,1H3,(H,22,24)(H,23,25)(H2,20,21,27). The number of hydrogen-bond acceptors (Lipinski definition) is 4. The summed E-state index contributed by atoms with van der Waals surface area (Å²) in [7, 11) is 0. The van der Waals surface area contributed by atoms with E-state index in [1.165, 1.54) is 31.2 Å². The summed E-state index contributed by atoms with van der Waals surface area (Å²) in [6, 6.07) is 7.79. The van der Waals surface area contributed by atoms with Crippen molar-refractivity contribution < 1.29 is 23.1 Å². The molecule has 27 heavy (non-hydrogen) atoms. The Morgan fingerprint density at radius 3 is 2.63 bits per heavy atom. The molecule has 0 aliphatic rings. The molecule has 1 unspecified atom stereocenters. The fraction of sp³-hybridized carbons (Fsp3) is 0.118. The van der Waals surface area contributed by atoms with Crippen LogP contribution in [0.15, 0.2) is 36.4 Å². The van der Waals surface area contributed by atoms with Crippen molar-refractivity contribution in [1.82, 2.24) is 20.8 Å². The zero-order chi connectivity index (χ0) is 19.6. The van der Waals surface area contributed by atoms with E-state index in [1.807, 2.05) is 0 Å². The van der Waals surface area contributed by atoms with Crippen molar-refractivity contribution in [3.8, 4) is 5.75 Å². The minimum Gasteiger partial charge on any atom is -0.478 e. The first kappa shape index (κ1) is 18.5. The van der Waals surface area contributed by atoms with Crippen molar-refractivity contribution in [1.29, 1.82) is 0 Å². The maximum Gasteiger partial charge on any atom is 0.279 e. The van der Waals surface area contributed by atoms with Gasteiger partial charge in [0.15, 0.2) is 22.4 Å². The van der Waals surface area contributed by atoms with Crippen LogP contribution < -0.4 is 15.6 Å². The zero-order valence-electron chi connectivity index (χ0n) is 13.9. The minimum atomic E-state index is -1.09. The highest BCUT2D eigenvalue weighted by atomic mass is 32.1. The summed E-state index contributed by atoms with van der Waals surface area (Å²) in [5, 5.41) is 0. The van der Waals surface area contributed by atoms with Gasteiger partial charge in [-0.2, -0.15) is 0 Å². The van der Waals surface area contributed by atoms with Crippen molar-refractivity contribution in [2.24, 2.45) is 0 Å². The second-order valence-electron chi connectivity index (χ2n) is 5.59. The Labute approximate surface area is 156 Å². The number of para-hydroxylation sites is 1. The average Bonchev–Trinajstić information content (AvgIpc) is 3.00. The van der Waals surface area contributed by atoms with Crippen LogP contribution in [0.25, 0.3) is 11.0 Å². The number of carbonyl (C=O) groups is 2. The summed E-state index contributed by atoms with van der Waals surface area (Å²) < 4.78 is 32.7. The molecule has 0 aliphatic heterocycles. The molecule has 7 nitrogen and oxygen atoms in total. The van der Waals surface area contributed by atoms with Gasteiger partial charge in [-0.05, 0) is 43.4 Å². The first-order valence-electron chi connectivity index (χ1n) is 7.78. The summed E-state index contributed by atoms with van der Waals surface area (Å²) in [6.07, 6.45) is -1.09. The van der Waals surface area contributed by atoms with E-state index in [2.05, 4.69) is 20.8 Å². The molecule has 0 radical (unpaired) electrons. The molecule has 1 atom stereocenters. The number of carbonyl (C=O) groups excluding carboxylic acids is 2. The predicted octanol–water partition coefficient (Wildman–Crippen LogP) is 2.73. The van der Waals surface area contributed by atoms with Gasteiger partial charge in [0.2, 0.25) is 0 Å². The molecule has 3 aromatic rings. The highest BCUT2D eigenvalue weighted by molar-refractivity contribution is 7.71. The number of hydrogen-bond donors (Lipinski definition) is 4. The number of aromatic amines is 2. The number of imidazole rings is 1. The Balaban J connectivity index is 1.68. The van der Waals surface area contributed by atoms with Crippen LogP contribution in [-0.4, -0.2) is 27.9 Å². The van der Waals surface area contributed by atoms with Crippen LogP contribution in [0.5, 0.6) is 5.75 Å².